The lowest BCUT2D eigenvalue weighted by Crippen LogP contribution is -2.14. The van der Waals surface area contributed by atoms with Gasteiger partial charge in [-0.05, 0) is 42.2 Å². The predicted molar refractivity (Wildman–Crippen MR) is 82.5 cm³/mol. The first-order valence-electron chi connectivity index (χ1n) is 6.53. The van der Waals surface area contributed by atoms with E-state index >= 15 is 0 Å². The Morgan fingerprint density at radius 3 is 2.89 bits per heavy atom. The number of hydrogen-bond acceptors (Lipinski definition) is 1. The molecule has 2 aromatic rings. The molecule has 1 N–H and O–H groups in total. The molecule has 0 bridgehead atoms. The van der Waals surface area contributed by atoms with Crippen LogP contribution in [0.3, 0.4) is 0 Å². The fourth-order valence-electron chi connectivity index (χ4n) is 2.09. The third kappa shape index (κ3) is 3.62. The van der Waals surface area contributed by atoms with E-state index in [1.54, 1.807) is 0 Å². The molecule has 1 aromatic carbocycles. The van der Waals surface area contributed by atoms with Crippen LogP contribution in [0.5, 0.6) is 0 Å². The second-order valence-electron chi connectivity index (χ2n) is 5.08. The van der Waals surface area contributed by atoms with Crippen molar-refractivity contribution in [3.05, 3.63) is 57.3 Å². The van der Waals surface area contributed by atoms with Gasteiger partial charge in [-0.15, -0.1) is 0 Å². The summed E-state index contributed by atoms with van der Waals surface area (Å²) in [4.78, 5) is 0. The van der Waals surface area contributed by atoms with Crippen LogP contribution in [0.25, 0.3) is 0 Å². The number of nitrogens with zero attached hydrogens (tertiary/aromatic N) is 1. The summed E-state index contributed by atoms with van der Waals surface area (Å²) in [6, 6.07) is 8.96. The molecule has 1 heterocycles. The second-order valence-corrected chi connectivity index (χ2v) is 6.41. The van der Waals surface area contributed by atoms with Crippen molar-refractivity contribution in [3.8, 4) is 0 Å². The molecule has 0 radical (unpaired) electrons. The first kappa shape index (κ1) is 13.2. The SMILES string of the molecule is Clc1cc(Br)ccc1Cn1ccc(CNC2CC2)c1. The van der Waals surface area contributed by atoms with Crippen molar-refractivity contribution in [1.29, 1.82) is 0 Å². The molecule has 0 amide bonds. The lowest BCUT2D eigenvalue weighted by molar-refractivity contribution is 0.685. The number of halogens is 2. The number of benzene rings is 1. The van der Waals surface area contributed by atoms with Crippen LogP contribution in [0.15, 0.2) is 41.1 Å². The minimum absolute atomic E-state index is 0.754. The smallest absolute Gasteiger partial charge is 0.0485 e. The van der Waals surface area contributed by atoms with E-state index in [0.29, 0.717) is 0 Å². The zero-order chi connectivity index (χ0) is 13.2. The predicted octanol–water partition coefficient (Wildman–Crippen LogP) is 4.20. The van der Waals surface area contributed by atoms with Crippen molar-refractivity contribution < 1.29 is 0 Å². The summed E-state index contributed by atoms with van der Waals surface area (Å²) >= 11 is 9.67. The minimum Gasteiger partial charge on any atom is -0.350 e. The van der Waals surface area contributed by atoms with Crippen LogP contribution < -0.4 is 5.32 Å². The second kappa shape index (κ2) is 5.70. The van der Waals surface area contributed by atoms with Crippen LogP contribution in [-0.4, -0.2) is 10.6 Å². The van der Waals surface area contributed by atoms with E-state index < -0.39 is 0 Å². The van der Waals surface area contributed by atoms with E-state index in [9.17, 15) is 0 Å². The summed E-state index contributed by atoms with van der Waals surface area (Å²) < 4.78 is 3.20. The average molecular weight is 340 g/mol. The maximum Gasteiger partial charge on any atom is 0.0485 e. The normalized spacial score (nSPS) is 14.8. The maximum absolute atomic E-state index is 6.24. The van der Waals surface area contributed by atoms with Crippen LogP contribution >= 0.6 is 27.5 Å². The molecule has 19 heavy (non-hydrogen) atoms. The average Bonchev–Trinajstić information content (AvgIpc) is 3.10. The van der Waals surface area contributed by atoms with E-state index in [1.165, 1.54) is 18.4 Å². The van der Waals surface area contributed by atoms with E-state index in [0.717, 1.165) is 34.2 Å². The van der Waals surface area contributed by atoms with Gasteiger partial charge in [0, 0.05) is 41.0 Å². The Kier molecular flexibility index (Phi) is 3.96. The van der Waals surface area contributed by atoms with Gasteiger partial charge in [0.25, 0.3) is 0 Å². The highest BCUT2D eigenvalue weighted by Crippen LogP contribution is 2.23. The summed E-state index contributed by atoms with van der Waals surface area (Å²) in [7, 11) is 0. The molecule has 1 aliphatic rings. The Bertz CT molecular complexity index is 575. The molecular formula is C15H16BrClN2. The summed E-state index contributed by atoms with van der Waals surface area (Å²) in [6.45, 7) is 1.78. The lowest BCUT2D eigenvalue weighted by Gasteiger charge is -2.06. The Hall–Kier alpha value is -0.770. The molecule has 1 fully saturated rings. The molecule has 0 saturated heterocycles. The summed E-state index contributed by atoms with van der Waals surface area (Å²) in [5.74, 6) is 0. The number of hydrogen-bond donors (Lipinski definition) is 1. The highest BCUT2D eigenvalue weighted by molar-refractivity contribution is 9.10. The molecular weight excluding hydrogens is 324 g/mol. The largest absolute Gasteiger partial charge is 0.350 e. The molecule has 0 unspecified atom stereocenters. The highest BCUT2D eigenvalue weighted by atomic mass is 79.9. The van der Waals surface area contributed by atoms with Crippen LogP contribution in [0.1, 0.15) is 24.0 Å². The number of aromatic nitrogens is 1. The van der Waals surface area contributed by atoms with Crippen molar-refractivity contribution in [2.45, 2.75) is 32.0 Å². The van der Waals surface area contributed by atoms with E-state index in [4.69, 9.17) is 11.6 Å². The van der Waals surface area contributed by atoms with Crippen molar-refractivity contribution >= 4 is 27.5 Å². The molecule has 3 rings (SSSR count). The maximum atomic E-state index is 6.24. The molecule has 1 aliphatic carbocycles. The zero-order valence-electron chi connectivity index (χ0n) is 10.6. The van der Waals surface area contributed by atoms with Gasteiger partial charge in [0.15, 0.2) is 0 Å². The Balaban J connectivity index is 1.65. The van der Waals surface area contributed by atoms with Gasteiger partial charge in [-0.3, -0.25) is 0 Å². The van der Waals surface area contributed by atoms with Gasteiger partial charge in [0.2, 0.25) is 0 Å². The standard InChI is InChI=1S/C15H16BrClN2/c16-13-2-1-12(15(17)7-13)10-19-6-5-11(9-19)8-18-14-3-4-14/h1-2,5-7,9,14,18H,3-4,8,10H2. The van der Waals surface area contributed by atoms with Crippen LogP contribution in [0, 0.1) is 0 Å². The van der Waals surface area contributed by atoms with Gasteiger partial charge in [0.1, 0.15) is 0 Å². The monoisotopic (exact) mass is 338 g/mol. The van der Waals surface area contributed by atoms with E-state index in [1.807, 2.05) is 12.1 Å². The Morgan fingerprint density at radius 2 is 2.16 bits per heavy atom. The van der Waals surface area contributed by atoms with Gasteiger partial charge >= 0.3 is 0 Å². The molecule has 2 nitrogen and oxygen atoms in total. The van der Waals surface area contributed by atoms with Gasteiger partial charge in [0.05, 0.1) is 0 Å². The fourth-order valence-corrected chi connectivity index (χ4v) is 2.82. The molecule has 0 aliphatic heterocycles. The van der Waals surface area contributed by atoms with Crippen molar-refractivity contribution in [1.82, 2.24) is 9.88 Å². The Labute approximate surface area is 126 Å². The third-order valence-electron chi connectivity index (χ3n) is 3.35. The minimum atomic E-state index is 0.754. The van der Waals surface area contributed by atoms with E-state index in [2.05, 4.69) is 50.3 Å². The summed E-state index contributed by atoms with van der Waals surface area (Å²) in [6.07, 6.45) is 6.96. The van der Waals surface area contributed by atoms with Crippen molar-refractivity contribution in [2.75, 3.05) is 0 Å². The molecule has 0 atom stereocenters. The number of nitrogens with one attached hydrogen (secondary N) is 1. The van der Waals surface area contributed by atoms with Gasteiger partial charge in [-0.25, -0.2) is 0 Å². The van der Waals surface area contributed by atoms with Crippen LogP contribution in [0.4, 0.5) is 0 Å². The Morgan fingerprint density at radius 1 is 1.32 bits per heavy atom. The highest BCUT2D eigenvalue weighted by Gasteiger charge is 2.19. The molecule has 100 valence electrons. The first-order chi connectivity index (χ1) is 9.20. The topological polar surface area (TPSA) is 17.0 Å². The summed E-state index contributed by atoms with van der Waals surface area (Å²) in [5.41, 5.74) is 2.47. The summed E-state index contributed by atoms with van der Waals surface area (Å²) in [5, 5.41) is 4.33. The van der Waals surface area contributed by atoms with Gasteiger partial charge in [-0.1, -0.05) is 33.6 Å². The van der Waals surface area contributed by atoms with Gasteiger partial charge in [-0.2, -0.15) is 0 Å². The molecule has 4 heteroatoms. The molecule has 1 aromatic heterocycles. The number of rotatable bonds is 5. The molecule has 1 saturated carbocycles. The zero-order valence-corrected chi connectivity index (χ0v) is 12.9. The lowest BCUT2D eigenvalue weighted by atomic mass is 10.2. The van der Waals surface area contributed by atoms with E-state index in [-0.39, 0.29) is 0 Å². The quantitative estimate of drug-likeness (QED) is 0.863. The van der Waals surface area contributed by atoms with Crippen LogP contribution in [-0.2, 0) is 13.1 Å². The third-order valence-corrected chi connectivity index (χ3v) is 4.20. The van der Waals surface area contributed by atoms with Crippen LogP contribution in [0.2, 0.25) is 5.02 Å². The fraction of sp³-hybridized carbons (Fsp3) is 0.333. The van der Waals surface area contributed by atoms with Crippen molar-refractivity contribution in [2.24, 2.45) is 0 Å². The molecule has 0 spiro atoms. The van der Waals surface area contributed by atoms with Gasteiger partial charge < -0.3 is 9.88 Å². The van der Waals surface area contributed by atoms with Crippen molar-refractivity contribution in [3.63, 3.8) is 0 Å². The first-order valence-corrected chi connectivity index (χ1v) is 7.70.